The molecule has 5 aliphatic heterocycles. The first-order chi connectivity index (χ1) is 14.9. The van der Waals surface area contributed by atoms with Gasteiger partial charge in [-0.25, -0.2) is 4.74 Å². The maximum absolute atomic E-state index is 13.5. The first kappa shape index (κ1) is 22.9. The van der Waals surface area contributed by atoms with Crippen molar-refractivity contribution >= 4 is 6.21 Å². The number of methoxy groups -OCH3 is 1. The van der Waals surface area contributed by atoms with Gasteiger partial charge in [0.15, 0.2) is 54.5 Å². The van der Waals surface area contributed by atoms with Crippen LogP contribution in [0.3, 0.4) is 0 Å². The molecule has 0 aromatic heterocycles. The van der Waals surface area contributed by atoms with E-state index < -0.39 is 72.6 Å². The molecule has 5 heterocycles. The van der Waals surface area contributed by atoms with Crippen LogP contribution in [-0.2, 0) is 42.6 Å². The summed E-state index contributed by atoms with van der Waals surface area (Å²) in [4.78, 5) is 0. The van der Waals surface area contributed by atoms with Crippen molar-refractivity contribution in [1.29, 1.82) is 0 Å². The predicted molar refractivity (Wildman–Crippen MR) is 107 cm³/mol. The molecule has 0 aromatic rings. The molecule has 0 unspecified atom stereocenters. The van der Waals surface area contributed by atoms with Gasteiger partial charge < -0.3 is 47.8 Å². The van der Waals surface area contributed by atoms with E-state index in [0.29, 0.717) is 6.61 Å². The number of fused-ring (bicyclic) bond motifs is 2. The molecule has 11 nitrogen and oxygen atoms in total. The molecule has 0 aromatic carbocycles. The first-order valence-corrected chi connectivity index (χ1v) is 11.1. The Morgan fingerprint density at radius 2 is 1.44 bits per heavy atom. The second-order valence-corrected chi connectivity index (χ2v) is 10.2. The van der Waals surface area contributed by atoms with E-state index in [1.54, 1.807) is 21.0 Å². The summed E-state index contributed by atoms with van der Waals surface area (Å²) in [6, 6.07) is -0.732. The van der Waals surface area contributed by atoms with E-state index >= 15 is 0 Å². The molecule has 0 amide bonds. The second-order valence-electron chi connectivity index (χ2n) is 10.2. The third-order valence-electron chi connectivity index (χ3n) is 6.34. The minimum Gasteiger partial charge on any atom is -0.624 e. The summed E-state index contributed by atoms with van der Waals surface area (Å²) in [7, 11) is 1.56. The van der Waals surface area contributed by atoms with Crippen molar-refractivity contribution in [1.82, 2.24) is 0 Å². The molecule has 0 radical (unpaired) electrons. The second kappa shape index (κ2) is 7.56. The molecule has 9 atom stereocenters. The average Bonchev–Trinajstić information content (AvgIpc) is 3.39. The van der Waals surface area contributed by atoms with Crippen molar-refractivity contribution in [3.05, 3.63) is 5.21 Å². The van der Waals surface area contributed by atoms with Gasteiger partial charge in [-0.1, -0.05) is 0 Å². The molecular formula is C21H33NO10. The van der Waals surface area contributed by atoms with Crippen LogP contribution in [0.2, 0.25) is 0 Å². The highest BCUT2D eigenvalue weighted by atomic mass is 16.9. The molecule has 0 bridgehead atoms. The Morgan fingerprint density at radius 3 is 2.03 bits per heavy atom. The number of hydrogen-bond acceptors (Lipinski definition) is 10. The third-order valence-corrected chi connectivity index (χ3v) is 6.34. The predicted octanol–water partition coefficient (Wildman–Crippen LogP) is 0.855. The molecule has 0 aliphatic carbocycles. The minimum atomic E-state index is -0.866. The number of hydroxylamine groups is 1. The van der Waals surface area contributed by atoms with Gasteiger partial charge in [0.05, 0.1) is 6.61 Å². The maximum Gasteiger partial charge on any atom is 0.222 e. The van der Waals surface area contributed by atoms with Crippen molar-refractivity contribution < 1.29 is 47.4 Å². The molecule has 0 N–H and O–H groups in total. The Kier molecular flexibility index (Phi) is 5.40. The van der Waals surface area contributed by atoms with Gasteiger partial charge in [0.25, 0.3) is 0 Å². The van der Waals surface area contributed by atoms with Crippen LogP contribution in [0.5, 0.6) is 0 Å². The summed E-state index contributed by atoms with van der Waals surface area (Å²) in [6.07, 6.45) is -3.16. The fourth-order valence-corrected chi connectivity index (χ4v) is 5.13. The lowest BCUT2D eigenvalue weighted by Crippen LogP contribution is -2.49. The Bertz CT molecular complexity index is 770. The Labute approximate surface area is 187 Å². The molecule has 0 spiro atoms. The lowest BCUT2D eigenvalue weighted by molar-refractivity contribution is -0.520. The zero-order valence-electron chi connectivity index (χ0n) is 19.5. The van der Waals surface area contributed by atoms with Crippen molar-refractivity contribution in [2.45, 2.75) is 114 Å². The number of nitrogens with zero attached hydrogens (tertiary/aromatic N) is 1. The smallest absolute Gasteiger partial charge is 0.222 e. The van der Waals surface area contributed by atoms with Gasteiger partial charge in [-0.15, -0.1) is 0 Å². The highest BCUT2D eigenvalue weighted by molar-refractivity contribution is 5.60. The molecule has 0 saturated carbocycles. The zero-order valence-corrected chi connectivity index (χ0v) is 19.5. The fraction of sp³-hybridized carbons (Fsp3) is 0.952. The van der Waals surface area contributed by atoms with Crippen molar-refractivity contribution in [2.24, 2.45) is 0 Å². The van der Waals surface area contributed by atoms with E-state index in [9.17, 15) is 5.21 Å². The third kappa shape index (κ3) is 3.97. The molecule has 5 rings (SSSR count). The molecule has 11 heteroatoms. The van der Waals surface area contributed by atoms with Crippen LogP contribution in [0.4, 0.5) is 0 Å². The van der Waals surface area contributed by atoms with Crippen LogP contribution in [0.25, 0.3) is 0 Å². The Morgan fingerprint density at radius 1 is 0.812 bits per heavy atom. The highest BCUT2D eigenvalue weighted by Gasteiger charge is 2.63. The molecule has 5 saturated heterocycles. The van der Waals surface area contributed by atoms with Crippen molar-refractivity contribution in [3.8, 4) is 0 Å². The highest BCUT2D eigenvalue weighted by Crippen LogP contribution is 2.42. The molecule has 5 fully saturated rings. The van der Waals surface area contributed by atoms with Crippen molar-refractivity contribution in [3.63, 3.8) is 0 Å². The fourth-order valence-electron chi connectivity index (χ4n) is 5.13. The molecule has 182 valence electrons. The zero-order chi connectivity index (χ0) is 23.1. The maximum atomic E-state index is 13.5. The van der Waals surface area contributed by atoms with E-state index in [2.05, 4.69) is 0 Å². The monoisotopic (exact) mass is 459 g/mol. The molecular weight excluding hydrogens is 426 g/mol. The lowest BCUT2D eigenvalue weighted by atomic mass is 10.0. The summed E-state index contributed by atoms with van der Waals surface area (Å²) in [5.74, 6) is -2.41. The van der Waals surface area contributed by atoms with Gasteiger partial charge in [-0.05, 0) is 41.5 Å². The van der Waals surface area contributed by atoms with E-state index in [1.165, 1.54) is 6.21 Å². The van der Waals surface area contributed by atoms with E-state index in [1.807, 2.05) is 27.7 Å². The average molecular weight is 459 g/mol. The Hall–Kier alpha value is -0.890. The first-order valence-electron chi connectivity index (χ1n) is 11.1. The quantitative estimate of drug-likeness (QED) is 0.260. The topological polar surface area (TPSA) is 109 Å². The van der Waals surface area contributed by atoms with Crippen LogP contribution in [0.15, 0.2) is 0 Å². The number of ether oxygens (including phenoxy) is 9. The van der Waals surface area contributed by atoms with E-state index in [4.69, 9.17) is 42.6 Å². The summed E-state index contributed by atoms with van der Waals surface area (Å²) in [6.45, 7) is 11.1. The van der Waals surface area contributed by atoms with Crippen molar-refractivity contribution in [2.75, 3.05) is 13.7 Å². The summed E-state index contributed by atoms with van der Waals surface area (Å²) >= 11 is 0. The van der Waals surface area contributed by atoms with Gasteiger partial charge in [0, 0.05) is 7.11 Å². The summed E-state index contributed by atoms with van der Waals surface area (Å²) < 4.78 is 53.8. The number of rotatable bonds is 4. The van der Waals surface area contributed by atoms with Crippen LogP contribution < -0.4 is 0 Å². The van der Waals surface area contributed by atoms with Crippen LogP contribution in [-0.4, -0.2) is 97.3 Å². The molecule has 32 heavy (non-hydrogen) atoms. The Balaban J connectivity index is 1.39. The van der Waals surface area contributed by atoms with E-state index in [-0.39, 0.29) is 0 Å². The summed E-state index contributed by atoms with van der Waals surface area (Å²) in [5, 5.41) is 13.5. The van der Waals surface area contributed by atoms with Gasteiger partial charge in [0.2, 0.25) is 6.04 Å². The van der Waals surface area contributed by atoms with Gasteiger partial charge in [-0.2, -0.15) is 0 Å². The van der Waals surface area contributed by atoms with Gasteiger partial charge >= 0.3 is 0 Å². The van der Waals surface area contributed by atoms with Crippen LogP contribution >= 0.6 is 0 Å². The van der Waals surface area contributed by atoms with Gasteiger partial charge in [-0.3, -0.25) is 0 Å². The van der Waals surface area contributed by atoms with Crippen LogP contribution in [0, 0.1) is 5.21 Å². The molecule has 5 aliphatic rings. The SMILES string of the molecule is CO[C@@H]1[C@H]2OC(C)(C)O[C@@H]2O[C@@H]1C=[N+]([O-])[C@H]1[C@H]([C@@H]2COC(C)(C)O2)O[C@H]2OC(C)(C)O[C@@H]21. The lowest BCUT2D eigenvalue weighted by Gasteiger charge is -2.28. The normalized spacial score (nSPS) is 48.8. The van der Waals surface area contributed by atoms with Crippen LogP contribution in [0.1, 0.15) is 41.5 Å². The number of hydrogen-bond donors (Lipinski definition) is 0. The summed E-state index contributed by atoms with van der Waals surface area (Å²) in [5.41, 5.74) is 0. The minimum absolute atomic E-state index is 0.298. The van der Waals surface area contributed by atoms with Gasteiger partial charge in [0.1, 0.15) is 18.3 Å². The van der Waals surface area contributed by atoms with E-state index in [0.717, 1.165) is 4.74 Å². The standard InChI is InChI=1S/C21H33NO10/c1-19(2)25-9-11(28-19)13-12(15-17(27-13)31-20(3,4)29-15)22(23)8-10-14(24-7)16-18(26-10)32-21(5,6)30-16/h8,10-18H,9H2,1-7H3/t10-,11+,12+,13+,14+,15-,16-,17+,18+/m1/s1. The largest absolute Gasteiger partial charge is 0.624 e.